The zero-order valence-corrected chi connectivity index (χ0v) is 15.7. The zero-order valence-electron chi connectivity index (χ0n) is 15.7. The van der Waals surface area contributed by atoms with Gasteiger partial charge in [-0.2, -0.15) is 0 Å². The van der Waals surface area contributed by atoms with Crippen molar-refractivity contribution in [2.24, 2.45) is 0 Å². The van der Waals surface area contributed by atoms with Gasteiger partial charge in [0, 0.05) is 0 Å². The van der Waals surface area contributed by atoms with Crippen LogP contribution in [0.15, 0.2) is 0 Å². The van der Waals surface area contributed by atoms with Crippen molar-refractivity contribution in [2.75, 3.05) is 13.2 Å². The van der Waals surface area contributed by atoms with Crippen molar-refractivity contribution in [2.45, 2.75) is 88.8 Å². The Labute approximate surface area is 157 Å². The van der Waals surface area contributed by atoms with Crippen molar-refractivity contribution in [1.29, 1.82) is 0 Å². The molecular weight excluding hydrogens is 368 g/mol. The zero-order chi connectivity index (χ0) is 20.7. The first-order valence-corrected chi connectivity index (χ1v) is 8.90. The van der Waals surface area contributed by atoms with Gasteiger partial charge in [0.1, 0.15) is 30.5 Å². The molecule has 9 unspecified atom stereocenters. The van der Waals surface area contributed by atoms with Crippen LogP contribution in [0.25, 0.3) is 0 Å². The Balaban J connectivity index is 2.88. The Morgan fingerprint density at radius 1 is 1.00 bits per heavy atom. The molecule has 1 aliphatic heterocycles. The Morgan fingerprint density at radius 3 is 2.07 bits per heavy atom. The van der Waals surface area contributed by atoms with E-state index in [2.05, 4.69) is 0 Å². The van der Waals surface area contributed by atoms with Gasteiger partial charge in [-0.1, -0.05) is 6.92 Å². The molecule has 0 aromatic rings. The lowest BCUT2D eigenvalue weighted by molar-refractivity contribution is -0.357. The monoisotopic (exact) mass is 400 g/mol. The summed E-state index contributed by atoms with van der Waals surface area (Å²) in [6.45, 7) is 3.66. The van der Waals surface area contributed by atoms with E-state index in [1.165, 1.54) is 6.92 Å². The molecule has 0 aromatic carbocycles. The predicted octanol–water partition coefficient (Wildman–Crippen LogP) is -2.98. The summed E-state index contributed by atoms with van der Waals surface area (Å²) in [6.07, 6.45) is -12.9. The number of aliphatic hydroxyl groups excluding tert-OH is 6. The Kier molecular flexibility index (Phi) is 10.5. The van der Waals surface area contributed by atoms with Crippen LogP contribution in [0, 0.1) is 0 Å². The summed E-state index contributed by atoms with van der Waals surface area (Å²) in [5, 5.41) is 67.7. The number of aliphatic hydroxyl groups is 7. The van der Waals surface area contributed by atoms with Gasteiger partial charge in [-0.3, -0.25) is 0 Å². The van der Waals surface area contributed by atoms with Crippen LogP contribution < -0.4 is 0 Å². The van der Waals surface area contributed by atoms with Gasteiger partial charge in [0.25, 0.3) is 0 Å². The molecule has 0 aromatic heterocycles. The molecule has 1 heterocycles. The van der Waals surface area contributed by atoms with Crippen LogP contribution in [0.3, 0.4) is 0 Å². The first kappa shape index (κ1) is 24.6. The molecule has 1 rings (SSSR count). The van der Waals surface area contributed by atoms with Gasteiger partial charge in [-0.05, 0) is 20.3 Å². The van der Waals surface area contributed by atoms with Crippen LogP contribution in [0.5, 0.6) is 0 Å². The summed E-state index contributed by atoms with van der Waals surface area (Å²) in [6, 6.07) is 0. The van der Waals surface area contributed by atoms with Gasteiger partial charge in [0.05, 0.1) is 25.4 Å². The summed E-state index contributed by atoms with van der Waals surface area (Å²) in [5.74, 6) is 0. The molecule has 11 nitrogen and oxygen atoms in total. The highest BCUT2D eigenvalue weighted by molar-refractivity contribution is 4.91. The van der Waals surface area contributed by atoms with E-state index >= 15 is 0 Å². The minimum Gasteiger partial charge on any atom is -0.394 e. The fourth-order valence-electron chi connectivity index (χ4n) is 2.47. The molecule has 162 valence electrons. The first-order valence-electron chi connectivity index (χ1n) is 8.90. The van der Waals surface area contributed by atoms with Crippen LogP contribution in [0.2, 0.25) is 0 Å². The first-order chi connectivity index (χ1) is 12.7. The third kappa shape index (κ3) is 6.84. The van der Waals surface area contributed by atoms with Crippen LogP contribution in [-0.2, 0) is 18.9 Å². The summed E-state index contributed by atoms with van der Waals surface area (Å²) in [5.41, 5.74) is 0. The molecule has 1 fully saturated rings. The lowest BCUT2D eigenvalue weighted by Gasteiger charge is -2.43. The quantitative estimate of drug-likeness (QED) is 0.176. The molecule has 11 heteroatoms. The Morgan fingerprint density at radius 2 is 1.63 bits per heavy atom. The third-order valence-corrected chi connectivity index (χ3v) is 4.32. The van der Waals surface area contributed by atoms with Gasteiger partial charge in [0.2, 0.25) is 12.6 Å². The molecule has 9 atom stereocenters. The maximum absolute atomic E-state index is 10.4. The summed E-state index contributed by atoms with van der Waals surface area (Å²) >= 11 is 0. The molecule has 0 saturated carbocycles. The van der Waals surface area contributed by atoms with Gasteiger partial charge in [-0.15, -0.1) is 0 Å². The Bertz CT molecular complexity index is 406. The average molecular weight is 400 g/mol. The number of rotatable bonds is 11. The molecule has 0 spiro atoms. The molecule has 27 heavy (non-hydrogen) atoms. The van der Waals surface area contributed by atoms with E-state index in [0.717, 1.165) is 0 Å². The maximum atomic E-state index is 10.4. The minimum absolute atomic E-state index is 0.277. The molecule has 0 aliphatic carbocycles. The molecule has 0 radical (unpaired) electrons. The van der Waals surface area contributed by atoms with Crippen molar-refractivity contribution in [1.82, 2.24) is 0 Å². The van der Waals surface area contributed by atoms with E-state index in [4.69, 9.17) is 18.9 Å². The Hall–Kier alpha value is -0.440. The molecule has 0 bridgehead atoms. The van der Waals surface area contributed by atoms with Crippen molar-refractivity contribution in [3.05, 3.63) is 0 Å². The van der Waals surface area contributed by atoms with Gasteiger partial charge < -0.3 is 54.7 Å². The van der Waals surface area contributed by atoms with E-state index in [-0.39, 0.29) is 6.10 Å². The van der Waals surface area contributed by atoms with Crippen molar-refractivity contribution in [3.8, 4) is 0 Å². The fraction of sp³-hybridized carbons (Fsp3) is 1.00. The predicted molar refractivity (Wildman–Crippen MR) is 89.1 cm³/mol. The normalized spacial score (nSPS) is 33.7. The van der Waals surface area contributed by atoms with Crippen molar-refractivity contribution >= 4 is 0 Å². The number of hydrogen-bond acceptors (Lipinski definition) is 11. The number of hydrogen-bond donors (Lipinski definition) is 7. The second kappa shape index (κ2) is 11.5. The van der Waals surface area contributed by atoms with Crippen molar-refractivity contribution < 1.29 is 54.7 Å². The lowest BCUT2D eigenvalue weighted by atomic mass is 9.99. The molecule has 0 amide bonds. The molecular formula is C16H32O11. The van der Waals surface area contributed by atoms with Crippen LogP contribution in [0.4, 0.5) is 0 Å². The van der Waals surface area contributed by atoms with E-state index in [1.807, 2.05) is 6.92 Å². The van der Waals surface area contributed by atoms with Crippen LogP contribution in [0.1, 0.15) is 27.2 Å². The van der Waals surface area contributed by atoms with Gasteiger partial charge in [-0.25, -0.2) is 0 Å². The highest BCUT2D eigenvalue weighted by Crippen LogP contribution is 2.27. The fourth-order valence-corrected chi connectivity index (χ4v) is 2.47. The van der Waals surface area contributed by atoms with E-state index in [0.29, 0.717) is 6.42 Å². The highest BCUT2D eigenvalue weighted by atomic mass is 16.7. The van der Waals surface area contributed by atoms with Crippen LogP contribution in [-0.4, -0.2) is 111 Å². The summed E-state index contributed by atoms with van der Waals surface area (Å²) in [4.78, 5) is 0. The van der Waals surface area contributed by atoms with E-state index in [1.54, 1.807) is 6.92 Å². The topological polar surface area (TPSA) is 179 Å². The molecule has 1 aliphatic rings. The maximum Gasteiger partial charge on any atom is 0.209 e. The number of ether oxygens (including phenoxy) is 4. The smallest absolute Gasteiger partial charge is 0.209 e. The minimum atomic E-state index is -2.20. The van der Waals surface area contributed by atoms with E-state index < -0.39 is 68.7 Å². The molecule has 7 N–H and O–H groups in total. The van der Waals surface area contributed by atoms with Crippen molar-refractivity contribution in [3.63, 3.8) is 0 Å². The molecule has 1 saturated heterocycles. The lowest BCUT2D eigenvalue weighted by Crippen LogP contribution is -2.62. The summed E-state index contributed by atoms with van der Waals surface area (Å²) in [7, 11) is 0. The third-order valence-electron chi connectivity index (χ3n) is 4.32. The largest absolute Gasteiger partial charge is 0.394 e. The second-order valence-electron chi connectivity index (χ2n) is 6.54. The SMILES string of the molecule is CCC(C)OC1OC(CO)C(OC(OC(CO)C(C)O)C(O)O)C(O)C1O. The van der Waals surface area contributed by atoms with Gasteiger partial charge >= 0.3 is 0 Å². The summed E-state index contributed by atoms with van der Waals surface area (Å²) < 4.78 is 21.3. The highest BCUT2D eigenvalue weighted by Gasteiger charge is 2.47. The second-order valence-corrected chi connectivity index (χ2v) is 6.54. The van der Waals surface area contributed by atoms with Crippen LogP contribution >= 0.6 is 0 Å². The average Bonchev–Trinajstić information content (AvgIpc) is 2.62. The van der Waals surface area contributed by atoms with Gasteiger partial charge in [0.15, 0.2) is 6.29 Å². The standard InChI is InChI=1S/C16H32O11/c1-4-7(2)24-15-12(21)11(20)13(10(6-18)26-15)27-16(14(22)23)25-9(5-17)8(3)19/h7-23H,4-6H2,1-3H3. The van der Waals surface area contributed by atoms with E-state index in [9.17, 15) is 35.7 Å².